The highest BCUT2D eigenvalue weighted by Gasteiger charge is 2.39. The van der Waals surface area contributed by atoms with Crippen molar-refractivity contribution in [3.05, 3.63) is 0 Å². The third-order valence-corrected chi connectivity index (χ3v) is 3.68. The first-order valence-electron chi connectivity index (χ1n) is 5.45. The fourth-order valence-electron chi connectivity index (χ4n) is 2.85. The second-order valence-electron chi connectivity index (χ2n) is 4.52. The number of amides is 1. The number of rotatable bonds is 1. The number of fused-ring (bicyclic) bond motifs is 1. The minimum absolute atomic E-state index is 0. The minimum Gasteiger partial charge on any atom is -0.341 e. The zero-order chi connectivity index (χ0) is 10.1. The van der Waals surface area contributed by atoms with Crippen molar-refractivity contribution in [3.63, 3.8) is 0 Å². The van der Waals surface area contributed by atoms with Gasteiger partial charge in [-0.2, -0.15) is 0 Å². The van der Waals surface area contributed by atoms with Gasteiger partial charge in [0.05, 0.1) is 6.54 Å². The molecule has 3 atom stereocenters. The molecule has 5 heteroatoms. The van der Waals surface area contributed by atoms with Gasteiger partial charge in [-0.1, -0.05) is 6.42 Å². The molecule has 0 radical (unpaired) electrons. The maximum absolute atomic E-state index is 11.4. The molecule has 2 aliphatic rings. The fourth-order valence-corrected chi connectivity index (χ4v) is 2.85. The first kappa shape index (κ1) is 12.7. The van der Waals surface area contributed by atoms with Crippen molar-refractivity contribution in [2.24, 2.45) is 23.3 Å². The molecule has 4 N–H and O–H groups in total. The average molecular weight is 234 g/mol. The Kier molecular flexibility index (Phi) is 4.37. The lowest BCUT2D eigenvalue weighted by atomic mass is 9.78. The molecule has 1 saturated carbocycles. The lowest BCUT2D eigenvalue weighted by Gasteiger charge is -2.29. The van der Waals surface area contributed by atoms with Gasteiger partial charge in [0.25, 0.3) is 0 Å². The molecule has 3 unspecified atom stereocenters. The first-order valence-corrected chi connectivity index (χ1v) is 5.45. The maximum Gasteiger partial charge on any atom is 0.236 e. The van der Waals surface area contributed by atoms with E-state index in [9.17, 15) is 4.79 Å². The predicted octanol–water partition coefficient (Wildman–Crippen LogP) is -0.0473. The van der Waals surface area contributed by atoms with Gasteiger partial charge in [0.2, 0.25) is 5.91 Å². The molecule has 0 spiro atoms. The van der Waals surface area contributed by atoms with E-state index in [4.69, 9.17) is 11.5 Å². The molecule has 1 aliphatic heterocycles. The second-order valence-corrected chi connectivity index (χ2v) is 4.52. The summed E-state index contributed by atoms with van der Waals surface area (Å²) >= 11 is 0. The Morgan fingerprint density at radius 3 is 2.67 bits per heavy atom. The van der Waals surface area contributed by atoms with Gasteiger partial charge in [-0.3, -0.25) is 4.79 Å². The van der Waals surface area contributed by atoms with Gasteiger partial charge in [0.1, 0.15) is 0 Å². The molecule has 0 aromatic carbocycles. The average Bonchev–Trinajstić information content (AvgIpc) is 2.62. The monoisotopic (exact) mass is 233 g/mol. The fraction of sp³-hybridized carbons (Fsp3) is 0.900. The van der Waals surface area contributed by atoms with Gasteiger partial charge in [-0.25, -0.2) is 0 Å². The Bertz CT molecular complexity index is 237. The van der Waals surface area contributed by atoms with Gasteiger partial charge in [0.15, 0.2) is 0 Å². The molecular formula is C10H20ClN3O. The van der Waals surface area contributed by atoms with E-state index in [1.807, 2.05) is 4.90 Å². The number of likely N-dealkylation sites (tertiary alicyclic amines) is 1. The molecule has 0 aromatic rings. The lowest BCUT2D eigenvalue weighted by Crippen LogP contribution is -2.39. The summed E-state index contributed by atoms with van der Waals surface area (Å²) in [6.07, 6.45) is 3.56. The van der Waals surface area contributed by atoms with Crippen LogP contribution >= 0.6 is 12.4 Å². The Morgan fingerprint density at radius 1 is 1.33 bits per heavy atom. The molecule has 0 bridgehead atoms. The zero-order valence-electron chi connectivity index (χ0n) is 8.89. The third kappa shape index (κ3) is 2.44. The van der Waals surface area contributed by atoms with E-state index in [-0.39, 0.29) is 24.9 Å². The summed E-state index contributed by atoms with van der Waals surface area (Å²) in [5.41, 5.74) is 11.4. The summed E-state index contributed by atoms with van der Waals surface area (Å²) in [5.74, 6) is 1.24. The van der Waals surface area contributed by atoms with Crippen LogP contribution < -0.4 is 11.5 Å². The van der Waals surface area contributed by atoms with Gasteiger partial charge < -0.3 is 16.4 Å². The van der Waals surface area contributed by atoms with Gasteiger partial charge in [-0.15, -0.1) is 12.4 Å². The van der Waals surface area contributed by atoms with Crippen LogP contribution in [-0.2, 0) is 4.79 Å². The van der Waals surface area contributed by atoms with E-state index >= 15 is 0 Å². The molecule has 15 heavy (non-hydrogen) atoms. The summed E-state index contributed by atoms with van der Waals surface area (Å²) in [6, 6.07) is 0.296. The van der Waals surface area contributed by atoms with Crippen molar-refractivity contribution >= 4 is 18.3 Å². The number of hydrogen-bond donors (Lipinski definition) is 2. The van der Waals surface area contributed by atoms with Crippen LogP contribution in [0.5, 0.6) is 0 Å². The highest BCUT2D eigenvalue weighted by atomic mass is 35.5. The van der Waals surface area contributed by atoms with Gasteiger partial charge in [-0.05, 0) is 24.7 Å². The number of nitrogens with two attached hydrogens (primary N) is 2. The van der Waals surface area contributed by atoms with Crippen LogP contribution in [0.3, 0.4) is 0 Å². The predicted molar refractivity (Wildman–Crippen MR) is 61.7 cm³/mol. The Balaban J connectivity index is 0.00000112. The number of nitrogens with zero attached hydrogens (tertiary/aromatic N) is 1. The molecule has 1 amide bonds. The standard InChI is InChI=1S/C10H19N3O.ClH/c11-4-10(14)13-5-7-2-1-3-9(12)8(7)6-13;/h7-9H,1-6,11-12H2;1H. The summed E-state index contributed by atoms with van der Waals surface area (Å²) in [4.78, 5) is 13.3. The van der Waals surface area contributed by atoms with E-state index in [1.165, 1.54) is 12.8 Å². The highest BCUT2D eigenvalue weighted by Crippen LogP contribution is 2.35. The summed E-state index contributed by atoms with van der Waals surface area (Å²) in [6.45, 7) is 1.85. The third-order valence-electron chi connectivity index (χ3n) is 3.68. The summed E-state index contributed by atoms with van der Waals surface area (Å²) in [7, 11) is 0. The van der Waals surface area contributed by atoms with Crippen molar-refractivity contribution in [3.8, 4) is 0 Å². The summed E-state index contributed by atoms with van der Waals surface area (Å²) < 4.78 is 0. The molecule has 2 fully saturated rings. The topological polar surface area (TPSA) is 72.4 Å². The zero-order valence-corrected chi connectivity index (χ0v) is 9.71. The van der Waals surface area contributed by atoms with Crippen molar-refractivity contribution in [2.75, 3.05) is 19.6 Å². The van der Waals surface area contributed by atoms with Crippen LogP contribution in [0.15, 0.2) is 0 Å². The molecule has 1 saturated heterocycles. The molecule has 1 aliphatic carbocycles. The maximum atomic E-state index is 11.4. The minimum atomic E-state index is 0. The van der Waals surface area contributed by atoms with E-state index in [2.05, 4.69) is 0 Å². The molecule has 88 valence electrons. The van der Waals surface area contributed by atoms with Crippen LogP contribution in [0.1, 0.15) is 19.3 Å². The van der Waals surface area contributed by atoms with Crippen molar-refractivity contribution < 1.29 is 4.79 Å². The molecule has 1 heterocycles. The van der Waals surface area contributed by atoms with Crippen molar-refractivity contribution in [1.29, 1.82) is 0 Å². The van der Waals surface area contributed by atoms with Gasteiger partial charge in [0, 0.05) is 19.1 Å². The van der Waals surface area contributed by atoms with Crippen LogP contribution in [0.25, 0.3) is 0 Å². The first-order chi connectivity index (χ1) is 6.72. The van der Waals surface area contributed by atoms with Crippen LogP contribution in [-0.4, -0.2) is 36.5 Å². The van der Waals surface area contributed by atoms with E-state index in [0.717, 1.165) is 19.5 Å². The lowest BCUT2D eigenvalue weighted by molar-refractivity contribution is -0.128. The molecule has 0 aromatic heterocycles. The van der Waals surface area contributed by atoms with Crippen LogP contribution in [0, 0.1) is 11.8 Å². The molecule has 4 nitrogen and oxygen atoms in total. The van der Waals surface area contributed by atoms with Crippen LogP contribution in [0.2, 0.25) is 0 Å². The smallest absolute Gasteiger partial charge is 0.236 e. The highest BCUT2D eigenvalue weighted by molar-refractivity contribution is 5.85. The number of carbonyl (C=O) groups is 1. The normalized spacial score (nSPS) is 34.5. The SMILES string of the molecule is Cl.NCC(=O)N1CC2CCCC(N)C2C1. The van der Waals surface area contributed by atoms with E-state index < -0.39 is 0 Å². The van der Waals surface area contributed by atoms with Gasteiger partial charge >= 0.3 is 0 Å². The Morgan fingerprint density at radius 2 is 2.07 bits per heavy atom. The van der Waals surface area contributed by atoms with Crippen molar-refractivity contribution in [2.45, 2.75) is 25.3 Å². The quantitative estimate of drug-likeness (QED) is 0.667. The van der Waals surface area contributed by atoms with E-state index in [1.54, 1.807) is 0 Å². The van der Waals surface area contributed by atoms with Crippen molar-refractivity contribution in [1.82, 2.24) is 4.90 Å². The Hall–Kier alpha value is -0.320. The second kappa shape index (κ2) is 5.14. The van der Waals surface area contributed by atoms with E-state index in [0.29, 0.717) is 17.9 Å². The number of hydrogen-bond acceptors (Lipinski definition) is 3. The molecule has 2 rings (SSSR count). The number of carbonyl (C=O) groups excluding carboxylic acids is 1. The van der Waals surface area contributed by atoms with Crippen LogP contribution in [0.4, 0.5) is 0 Å². The Labute approximate surface area is 96.8 Å². The largest absolute Gasteiger partial charge is 0.341 e. The summed E-state index contributed by atoms with van der Waals surface area (Å²) in [5, 5.41) is 0. The molecular weight excluding hydrogens is 214 g/mol. The number of halogens is 1.